The van der Waals surface area contributed by atoms with Crippen LogP contribution in [-0.4, -0.2) is 26.5 Å². The molecule has 4 N–H and O–H groups in total. The Hall–Kier alpha value is -2.52. The minimum atomic E-state index is -1.24. The van der Waals surface area contributed by atoms with Gasteiger partial charge in [0, 0.05) is 24.3 Å². The van der Waals surface area contributed by atoms with Crippen molar-refractivity contribution >= 4 is 22.2 Å². The quantitative estimate of drug-likeness (QED) is 0.382. The molecule has 4 heterocycles. The summed E-state index contributed by atoms with van der Waals surface area (Å²) in [6.45, 7) is 1.82. The van der Waals surface area contributed by atoms with Crippen LogP contribution in [-0.2, 0) is 9.47 Å². The molecule has 2 unspecified atom stereocenters. The highest BCUT2D eigenvalue weighted by Crippen LogP contribution is 2.26. The first kappa shape index (κ1) is 16.0. The number of aromatic amines is 2. The molecule has 0 radical (unpaired) electrons. The highest BCUT2D eigenvalue weighted by Gasteiger charge is 2.22. The molecule has 8 nitrogen and oxygen atoms in total. The van der Waals surface area contributed by atoms with Gasteiger partial charge in [0.25, 0.3) is 0 Å². The number of ether oxygens (including phenoxy) is 2. The number of hydrogen-bond acceptors (Lipinski definition) is 6. The van der Waals surface area contributed by atoms with E-state index in [9.17, 15) is 10.2 Å². The van der Waals surface area contributed by atoms with E-state index in [1.807, 2.05) is 6.92 Å². The fraction of sp³-hybridized carbons (Fsp3) is 0.294. The van der Waals surface area contributed by atoms with Gasteiger partial charge >= 0.3 is 0 Å². The lowest BCUT2D eigenvalue weighted by Gasteiger charge is -2.22. The zero-order valence-electron chi connectivity index (χ0n) is 13.4. The van der Waals surface area contributed by atoms with E-state index < -0.39 is 18.9 Å². The summed E-state index contributed by atoms with van der Waals surface area (Å²) in [6.07, 6.45) is 0.258. The molecule has 0 saturated carbocycles. The van der Waals surface area contributed by atoms with Crippen LogP contribution < -0.4 is 0 Å². The Balaban J connectivity index is 1.42. The molecule has 0 spiro atoms. The van der Waals surface area contributed by atoms with Crippen LogP contribution in [0, 0.1) is 0 Å². The average molecular weight is 346 g/mol. The first-order valence-corrected chi connectivity index (χ1v) is 7.93. The van der Waals surface area contributed by atoms with E-state index in [-0.39, 0.29) is 0 Å². The zero-order chi connectivity index (χ0) is 17.4. The summed E-state index contributed by atoms with van der Waals surface area (Å²) in [5.41, 5.74) is 3.67. The fourth-order valence-electron chi connectivity index (χ4n) is 2.66. The summed E-state index contributed by atoms with van der Waals surface area (Å²) < 4.78 is 21.5. The molecule has 4 aromatic rings. The molecule has 0 aliphatic carbocycles. The second-order valence-electron chi connectivity index (χ2n) is 5.66. The summed E-state index contributed by atoms with van der Waals surface area (Å²) in [4.78, 5) is 6.00. The van der Waals surface area contributed by atoms with Gasteiger partial charge in [-0.2, -0.15) is 0 Å². The van der Waals surface area contributed by atoms with E-state index in [1.165, 1.54) is 0 Å². The molecule has 0 aromatic carbocycles. The Bertz CT molecular complexity index is 830. The third kappa shape index (κ3) is 3.08. The lowest BCUT2D eigenvalue weighted by atomic mass is 10.4. The molecule has 25 heavy (non-hydrogen) atoms. The Morgan fingerprint density at radius 2 is 1.40 bits per heavy atom. The molecule has 132 valence electrons. The van der Waals surface area contributed by atoms with Gasteiger partial charge < -0.3 is 38.5 Å². The van der Waals surface area contributed by atoms with Crippen molar-refractivity contribution in [1.29, 1.82) is 0 Å². The lowest BCUT2D eigenvalue weighted by Crippen LogP contribution is -2.22. The number of nitrogens with one attached hydrogen (secondary N) is 2. The molecular weight excluding hydrogens is 328 g/mol. The van der Waals surface area contributed by atoms with Crippen molar-refractivity contribution in [3.8, 4) is 0 Å². The van der Waals surface area contributed by atoms with Crippen LogP contribution in [0.5, 0.6) is 0 Å². The van der Waals surface area contributed by atoms with Crippen LogP contribution in [0.3, 0.4) is 0 Å². The number of fused-ring (bicyclic) bond motifs is 2. The molecular formula is C17H18N2O6. The third-order valence-corrected chi connectivity index (χ3v) is 3.95. The Morgan fingerprint density at radius 3 is 1.80 bits per heavy atom. The lowest BCUT2D eigenvalue weighted by molar-refractivity contribution is -0.283. The monoisotopic (exact) mass is 346 g/mol. The van der Waals surface area contributed by atoms with E-state index in [1.54, 1.807) is 36.8 Å². The van der Waals surface area contributed by atoms with Crippen molar-refractivity contribution in [1.82, 2.24) is 9.97 Å². The van der Waals surface area contributed by atoms with E-state index >= 15 is 0 Å². The minimum Gasteiger partial charge on any atom is -0.463 e. The largest absolute Gasteiger partial charge is 0.463 e. The maximum Gasteiger partial charge on any atom is 0.199 e. The van der Waals surface area contributed by atoms with Crippen molar-refractivity contribution in [2.75, 3.05) is 0 Å². The third-order valence-electron chi connectivity index (χ3n) is 3.95. The highest BCUT2D eigenvalue weighted by molar-refractivity contribution is 5.74. The summed E-state index contributed by atoms with van der Waals surface area (Å²) in [5.74, 6) is 0. The molecule has 4 aromatic heterocycles. The van der Waals surface area contributed by atoms with E-state index in [2.05, 4.69) is 9.97 Å². The van der Waals surface area contributed by atoms with Gasteiger partial charge in [0.15, 0.2) is 30.0 Å². The molecule has 0 saturated heterocycles. The Morgan fingerprint density at radius 1 is 0.920 bits per heavy atom. The van der Waals surface area contributed by atoms with Gasteiger partial charge in [-0.15, -0.1) is 0 Å². The Kier molecular flexibility index (Phi) is 4.10. The molecule has 0 bridgehead atoms. The van der Waals surface area contributed by atoms with Gasteiger partial charge in [-0.05, 0) is 6.42 Å². The van der Waals surface area contributed by atoms with Gasteiger partial charge in [-0.25, -0.2) is 0 Å². The summed E-state index contributed by atoms with van der Waals surface area (Å²) in [6, 6.07) is 6.82. The number of H-pyrrole nitrogens is 2. The summed E-state index contributed by atoms with van der Waals surface area (Å²) >= 11 is 0. The Labute approximate surface area is 141 Å². The van der Waals surface area contributed by atoms with Crippen LogP contribution in [0.2, 0.25) is 0 Å². The summed E-state index contributed by atoms with van der Waals surface area (Å²) in [7, 11) is 0. The predicted molar refractivity (Wildman–Crippen MR) is 87.3 cm³/mol. The second-order valence-corrected chi connectivity index (χ2v) is 5.66. The molecule has 0 fully saturated rings. The fourth-order valence-corrected chi connectivity index (χ4v) is 2.66. The summed E-state index contributed by atoms with van der Waals surface area (Å²) in [5, 5.41) is 20.5. The van der Waals surface area contributed by atoms with Crippen molar-refractivity contribution in [2.24, 2.45) is 0 Å². The number of aliphatic hydroxyl groups is 2. The minimum absolute atomic E-state index is 0.432. The molecule has 0 amide bonds. The van der Waals surface area contributed by atoms with Crippen molar-refractivity contribution in [3.05, 3.63) is 48.2 Å². The maximum absolute atomic E-state index is 10.2. The number of hydrogen-bond donors (Lipinski definition) is 4. The second kappa shape index (κ2) is 6.41. The molecule has 2 atom stereocenters. The van der Waals surface area contributed by atoms with E-state index in [0.29, 0.717) is 29.0 Å². The van der Waals surface area contributed by atoms with Crippen molar-refractivity contribution in [3.63, 3.8) is 0 Å². The van der Waals surface area contributed by atoms with Crippen LogP contribution in [0.1, 0.15) is 37.3 Å². The van der Waals surface area contributed by atoms with Crippen LogP contribution in [0.25, 0.3) is 22.2 Å². The van der Waals surface area contributed by atoms with Crippen LogP contribution in [0.15, 0.2) is 45.6 Å². The topological polar surface area (TPSA) is 117 Å². The highest BCUT2D eigenvalue weighted by atomic mass is 16.8. The average Bonchev–Trinajstić information content (AvgIpc) is 3.31. The van der Waals surface area contributed by atoms with Crippen molar-refractivity contribution < 1.29 is 28.5 Å². The number of rotatable bonds is 7. The van der Waals surface area contributed by atoms with E-state index in [0.717, 1.165) is 11.0 Å². The zero-order valence-corrected chi connectivity index (χ0v) is 13.4. The molecule has 8 heteroatoms. The maximum atomic E-state index is 10.2. The number of furan rings is 2. The molecule has 4 rings (SSSR count). The number of aromatic nitrogens is 2. The smallest absolute Gasteiger partial charge is 0.199 e. The van der Waals surface area contributed by atoms with Crippen molar-refractivity contribution in [2.45, 2.75) is 32.2 Å². The SMILES string of the molecule is CCC(OC(O)c1cc2occc2[nH]1)OC(O)c1cc2occc2[nH]1. The molecule has 0 aliphatic heterocycles. The van der Waals surface area contributed by atoms with Crippen LogP contribution in [0.4, 0.5) is 0 Å². The van der Waals surface area contributed by atoms with Gasteiger partial charge in [0.1, 0.15) is 0 Å². The standard InChI is InChI=1S/C17H18N2O6/c1-2-15(24-16(20)11-7-13-9(18-11)3-5-22-13)25-17(21)12-8-14-10(19-12)4-6-23-14/h3-8,15-21H,2H2,1H3. The van der Waals surface area contributed by atoms with Gasteiger partial charge in [0.05, 0.1) is 34.9 Å². The van der Waals surface area contributed by atoms with Gasteiger partial charge in [0.2, 0.25) is 0 Å². The first-order valence-electron chi connectivity index (χ1n) is 7.93. The van der Waals surface area contributed by atoms with Gasteiger partial charge in [-0.3, -0.25) is 0 Å². The predicted octanol–water partition coefficient (Wildman–Crippen LogP) is 3.29. The van der Waals surface area contributed by atoms with E-state index in [4.69, 9.17) is 18.3 Å². The van der Waals surface area contributed by atoms with Crippen LogP contribution >= 0.6 is 0 Å². The normalized spacial score (nSPS) is 15.8. The first-order chi connectivity index (χ1) is 12.1. The number of aliphatic hydroxyl groups excluding tert-OH is 2. The van der Waals surface area contributed by atoms with Gasteiger partial charge in [-0.1, -0.05) is 6.92 Å². The molecule has 0 aliphatic rings.